The second-order valence-electron chi connectivity index (χ2n) is 4.37. The van der Waals surface area contributed by atoms with Gasteiger partial charge in [-0.25, -0.2) is 8.78 Å². The molecule has 1 atom stereocenters. The van der Waals surface area contributed by atoms with Gasteiger partial charge in [-0.15, -0.1) is 0 Å². The lowest BCUT2D eigenvalue weighted by Crippen LogP contribution is -2.20. The largest absolute Gasteiger partial charge is 0.492 e. The minimum Gasteiger partial charge on any atom is -0.492 e. The highest BCUT2D eigenvalue weighted by molar-refractivity contribution is 5.27. The molecule has 0 aliphatic heterocycles. The Balaban J connectivity index is 2.03. The fourth-order valence-corrected chi connectivity index (χ4v) is 1.72. The van der Waals surface area contributed by atoms with Gasteiger partial charge in [0.15, 0.2) is 11.6 Å². The number of hydrogen-bond acceptors (Lipinski definition) is 2. The molecule has 2 nitrogen and oxygen atoms in total. The van der Waals surface area contributed by atoms with E-state index in [0.717, 1.165) is 11.6 Å². The quantitative estimate of drug-likeness (QED) is 0.918. The third-order valence-electron chi connectivity index (χ3n) is 2.83. The second kappa shape index (κ2) is 5.80. The first-order valence-corrected chi connectivity index (χ1v) is 5.97. The number of benzene rings is 2. The maximum atomic E-state index is 13.5. The molecule has 1 unspecified atom stereocenters. The first-order chi connectivity index (χ1) is 9.08. The predicted molar refractivity (Wildman–Crippen MR) is 70.0 cm³/mol. The van der Waals surface area contributed by atoms with Crippen LogP contribution < -0.4 is 10.5 Å². The zero-order chi connectivity index (χ0) is 13.8. The van der Waals surface area contributed by atoms with Gasteiger partial charge in [0.05, 0.1) is 6.04 Å². The van der Waals surface area contributed by atoms with Gasteiger partial charge >= 0.3 is 0 Å². The molecule has 0 radical (unpaired) electrons. The van der Waals surface area contributed by atoms with Crippen molar-refractivity contribution in [3.05, 3.63) is 65.2 Å². The van der Waals surface area contributed by atoms with Gasteiger partial charge in [-0.3, -0.25) is 0 Å². The molecule has 0 spiro atoms. The van der Waals surface area contributed by atoms with Crippen LogP contribution in [0.5, 0.6) is 5.75 Å². The monoisotopic (exact) mass is 263 g/mol. The number of rotatable bonds is 4. The summed E-state index contributed by atoms with van der Waals surface area (Å²) in [6.07, 6.45) is 0. The van der Waals surface area contributed by atoms with Crippen molar-refractivity contribution in [3.63, 3.8) is 0 Å². The van der Waals surface area contributed by atoms with Crippen LogP contribution >= 0.6 is 0 Å². The van der Waals surface area contributed by atoms with Crippen LogP contribution in [0.3, 0.4) is 0 Å². The number of nitrogens with two attached hydrogens (primary N) is 1. The number of ether oxygens (including phenoxy) is 1. The molecule has 19 heavy (non-hydrogen) atoms. The first kappa shape index (κ1) is 13.5. The minimum atomic E-state index is -0.914. The van der Waals surface area contributed by atoms with Crippen LogP contribution in [-0.2, 0) is 0 Å². The Morgan fingerprint density at radius 1 is 1.11 bits per heavy atom. The highest BCUT2D eigenvalue weighted by Crippen LogP contribution is 2.19. The van der Waals surface area contributed by atoms with Crippen LogP contribution in [0.4, 0.5) is 8.78 Å². The van der Waals surface area contributed by atoms with Crippen molar-refractivity contribution >= 4 is 0 Å². The van der Waals surface area contributed by atoms with Gasteiger partial charge in [0.25, 0.3) is 0 Å². The molecule has 0 amide bonds. The minimum absolute atomic E-state index is 0.0867. The van der Waals surface area contributed by atoms with E-state index in [4.69, 9.17) is 10.5 Å². The summed E-state index contributed by atoms with van der Waals surface area (Å²) < 4.78 is 32.1. The lowest BCUT2D eigenvalue weighted by molar-refractivity contribution is 0.286. The standard InChI is InChI=1S/C15H15F2NO/c1-10-5-7-11(8-6-10)19-9-14(18)12-3-2-4-13(16)15(12)17/h2-8,14H,9,18H2,1H3. The van der Waals surface area contributed by atoms with Crippen LogP contribution in [0.1, 0.15) is 17.2 Å². The van der Waals surface area contributed by atoms with Gasteiger partial charge in [-0.1, -0.05) is 29.8 Å². The molecule has 0 aliphatic rings. The number of halogens is 2. The van der Waals surface area contributed by atoms with Crippen molar-refractivity contribution in [2.45, 2.75) is 13.0 Å². The van der Waals surface area contributed by atoms with E-state index >= 15 is 0 Å². The van der Waals surface area contributed by atoms with E-state index in [1.807, 2.05) is 31.2 Å². The summed E-state index contributed by atoms with van der Waals surface area (Å²) in [5, 5.41) is 0. The molecule has 2 N–H and O–H groups in total. The molecule has 2 aromatic rings. The third-order valence-corrected chi connectivity index (χ3v) is 2.83. The topological polar surface area (TPSA) is 35.2 Å². The zero-order valence-corrected chi connectivity index (χ0v) is 10.6. The van der Waals surface area contributed by atoms with Crippen LogP contribution in [0.2, 0.25) is 0 Å². The maximum Gasteiger partial charge on any atom is 0.163 e. The molecule has 4 heteroatoms. The molecule has 2 rings (SSSR count). The molecule has 0 fully saturated rings. The smallest absolute Gasteiger partial charge is 0.163 e. The Labute approximate surface area is 110 Å². The molecule has 0 aliphatic carbocycles. The SMILES string of the molecule is Cc1ccc(OCC(N)c2cccc(F)c2F)cc1. The summed E-state index contributed by atoms with van der Waals surface area (Å²) in [6, 6.07) is 10.7. The first-order valence-electron chi connectivity index (χ1n) is 5.97. The van der Waals surface area contributed by atoms with Crippen molar-refractivity contribution < 1.29 is 13.5 Å². The molecule has 2 aromatic carbocycles. The number of hydrogen-bond donors (Lipinski definition) is 1. The molecule has 0 aromatic heterocycles. The van der Waals surface area contributed by atoms with E-state index in [2.05, 4.69) is 0 Å². The summed E-state index contributed by atoms with van der Waals surface area (Å²) >= 11 is 0. The molecular weight excluding hydrogens is 248 g/mol. The molecule has 0 bridgehead atoms. The van der Waals surface area contributed by atoms with E-state index < -0.39 is 17.7 Å². The Kier molecular flexibility index (Phi) is 4.12. The second-order valence-corrected chi connectivity index (χ2v) is 4.37. The van der Waals surface area contributed by atoms with Crippen LogP contribution in [-0.4, -0.2) is 6.61 Å². The Hall–Kier alpha value is -1.94. The summed E-state index contributed by atoms with van der Waals surface area (Å²) in [4.78, 5) is 0. The molecular formula is C15H15F2NO. The molecule has 0 heterocycles. The van der Waals surface area contributed by atoms with Crippen molar-refractivity contribution in [1.82, 2.24) is 0 Å². The third kappa shape index (κ3) is 3.29. The van der Waals surface area contributed by atoms with E-state index in [9.17, 15) is 8.78 Å². The van der Waals surface area contributed by atoms with Gasteiger partial charge in [-0.05, 0) is 25.1 Å². The van der Waals surface area contributed by atoms with Gasteiger partial charge < -0.3 is 10.5 Å². The van der Waals surface area contributed by atoms with E-state index in [-0.39, 0.29) is 12.2 Å². The number of aryl methyl sites for hydroxylation is 1. The van der Waals surface area contributed by atoms with Crippen LogP contribution in [0, 0.1) is 18.6 Å². The normalized spacial score (nSPS) is 12.2. The highest BCUT2D eigenvalue weighted by Gasteiger charge is 2.15. The van der Waals surface area contributed by atoms with E-state index in [1.165, 1.54) is 12.1 Å². The van der Waals surface area contributed by atoms with Crippen molar-refractivity contribution in [1.29, 1.82) is 0 Å². The zero-order valence-electron chi connectivity index (χ0n) is 10.6. The van der Waals surface area contributed by atoms with Gasteiger partial charge in [0.2, 0.25) is 0 Å². The van der Waals surface area contributed by atoms with E-state index in [1.54, 1.807) is 0 Å². The van der Waals surface area contributed by atoms with Gasteiger partial charge in [0.1, 0.15) is 12.4 Å². The lowest BCUT2D eigenvalue weighted by atomic mass is 10.1. The maximum absolute atomic E-state index is 13.5. The summed E-state index contributed by atoms with van der Waals surface area (Å²) in [6.45, 7) is 2.06. The lowest BCUT2D eigenvalue weighted by Gasteiger charge is -2.14. The average molecular weight is 263 g/mol. The van der Waals surface area contributed by atoms with E-state index in [0.29, 0.717) is 5.75 Å². The van der Waals surface area contributed by atoms with Gasteiger partial charge in [0, 0.05) is 5.56 Å². The van der Waals surface area contributed by atoms with Crippen molar-refractivity contribution in [2.24, 2.45) is 5.73 Å². The van der Waals surface area contributed by atoms with Crippen LogP contribution in [0.25, 0.3) is 0 Å². The summed E-state index contributed by atoms with van der Waals surface area (Å²) in [7, 11) is 0. The Morgan fingerprint density at radius 2 is 1.79 bits per heavy atom. The summed E-state index contributed by atoms with van der Waals surface area (Å²) in [5.74, 6) is -1.16. The van der Waals surface area contributed by atoms with Crippen LogP contribution in [0.15, 0.2) is 42.5 Å². The predicted octanol–water partition coefficient (Wildman–Crippen LogP) is 3.35. The van der Waals surface area contributed by atoms with Crippen molar-refractivity contribution in [3.8, 4) is 5.75 Å². The molecule has 100 valence electrons. The van der Waals surface area contributed by atoms with Crippen molar-refractivity contribution in [2.75, 3.05) is 6.61 Å². The average Bonchev–Trinajstić information content (AvgIpc) is 2.41. The molecule has 0 saturated carbocycles. The Morgan fingerprint density at radius 3 is 2.47 bits per heavy atom. The highest BCUT2D eigenvalue weighted by atomic mass is 19.2. The fourth-order valence-electron chi connectivity index (χ4n) is 1.72. The summed E-state index contributed by atoms with van der Waals surface area (Å²) in [5.41, 5.74) is 7.05. The van der Waals surface area contributed by atoms with Gasteiger partial charge in [-0.2, -0.15) is 0 Å². The Bertz CT molecular complexity index is 555. The fraction of sp³-hybridized carbons (Fsp3) is 0.200. The molecule has 0 saturated heterocycles.